The van der Waals surface area contributed by atoms with Crippen molar-refractivity contribution in [3.8, 4) is 0 Å². The summed E-state index contributed by atoms with van der Waals surface area (Å²) < 4.78 is 16.3. The predicted molar refractivity (Wildman–Crippen MR) is 102 cm³/mol. The van der Waals surface area contributed by atoms with E-state index in [1.165, 1.54) is 0 Å². The summed E-state index contributed by atoms with van der Waals surface area (Å²) in [5.41, 5.74) is -1.31. The Hall–Kier alpha value is -0.487. The first-order chi connectivity index (χ1) is 11.8. The number of nitrogens with zero attached hydrogens (tertiary/aromatic N) is 1. The second-order valence-corrected chi connectivity index (χ2v) is 9.27. The summed E-state index contributed by atoms with van der Waals surface area (Å²) in [6.07, 6.45) is 1.63. The number of ether oxygens (including phenoxy) is 3. The minimum Gasteiger partial charge on any atom is -0.609 e. The molecule has 4 atom stereocenters. The van der Waals surface area contributed by atoms with Crippen LogP contribution in [-0.4, -0.2) is 49.5 Å². The number of carbonyl (C=O) groups excluding carboxylic acids is 1. The fourth-order valence-electron chi connectivity index (χ4n) is 3.32. The van der Waals surface area contributed by atoms with Crippen molar-refractivity contribution in [2.75, 3.05) is 14.2 Å². The number of aliphatic hydroxyl groups excluding tert-OH is 1. The standard InChI is InChI=1S/C20H37NO5.Ru/c1-13(14(22)10-11-18(2,3)4)16-20(19(5,6)7,21-17(23)26-16)12-15(24-8)25-9;/h10-11,13-16,22H,12H2,1-9H3,(H,21,23);/q;+1/p-1/b11-10+;/t13-,14?,16?,20?;/m0./s1. The maximum atomic E-state index is 12.1. The van der Waals surface area contributed by atoms with E-state index >= 15 is 0 Å². The summed E-state index contributed by atoms with van der Waals surface area (Å²) in [7, 11) is 3.11. The van der Waals surface area contributed by atoms with Gasteiger partial charge in [0.05, 0.1) is 12.2 Å². The van der Waals surface area contributed by atoms with E-state index in [0.717, 1.165) is 0 Å². The number of amides is 1. The Balaban J connectivity index is 0.00000676. The van der Waals surface area contributed by atoms with Gasteiger partial charge < -0.3 is 24.6 Å². The molecule has 1 N–H and O–H groups in total. The molecule has 1 aliphatic heterocycles. The van der Waals surface area contributed by atoms with E-state index in [9.17, 15) is 9.90 Å². The molecule has 1 radical (unpaired) electrons. The van der Waals surface area contributed by atoms with Crippen LogP contribution < -0.4 is 0 Å². The molecule has 1 saturated heterocycles. The number of hydrogen-bond donors (Lipinski definition) is 1. The molecule has 1 rings (SSSR count). The molecule has 27 heavy (non-hydrogen) atoms. The fraction of sp³-hybridized carbons (Fsp3) is 0.850. The van der Waals surface area contributed by atoms with Crippen molar-refractivity contribution >= 4 is 6.09 Å². The Labute approximate surface area is 177 Å². The minimum atomic E-state index is -0.864. The summed E-state index contributed by atoms with van der Waals surface area (Å²) in [5, 5.41) is 15.1. The molecule has 0 spiro atoms. The molecule has 0 aromatic heterocycles. The first-order valence-corrected chi connectivity index (χ1v) is 9.14. The number of allylic oxidation sites excluding steroid dienone is 1. The van der Waals surface area contributed by atoms with Gasteiger partial charge in [-0.05, 0) is 17.3 Å². The third kappa shape index (κ3) is 6.52. The molecule has 1 amide bonds. The van der Waals surface area contributed by atoms with E-state index in [2.05, 4.69) is 26.1 Å². The van der Waals surface area contributed by atoms with Crippen LogP contribution in [0, 0.1) is 16.7 Å². The molecule has 0 saturated carbocycles. The molecule has 6 nitrogen and oxygen atoms in total. The first kappa shape index (κ1) is 26.5. The molecule has 1 fully saturated rings. The maximum absolute atomic E-state index is 12.1. The third-order valence-electron chi connectivity index (χ3n) is 5.10. The van der Waals surface area contributed by atoms with E-state index in [1.54, 1.807) is 20.3 Å². The van der Waals surface area contributed by atoms with Gasteiger partial charge in [-0.2, -0.15) is 0 Å². The van der Waals surface area contributed by atoms with Gasteiger partial charge in [-0.3, -0.25) is 4.79 Å². The number of cyclic esters (lactones) is 1. The largest absolute Gasteiger partial charge is 1.00 e. The molecule has 0 bridgehead atoms. The molecule has 0 aromatic carbocycles. The average molecular weight is 472 g/mol. The summed E-state index contributed by atoms with van der Waals surface area (Å²) in [6.45, 7) is 14.1. The minimum absolute atomic E-state index is 0. The Morgan fingerprint density at radius 3 is 2.15 bits per heavy atom. The van der Waals surface area contributed by atoms with E-state index in [1.807, 2.05) is 33.8 Å². The van der Waals surface area contributed by atoms with Crippen molar-refractivity contribution in [1.82, 2.24) is 0 Å². The summed E-state index contributed by atoms with van der Waals surface area (Å²) in [4.78, 5) is 12.1. The van der Waals surface area contributed by atoms with Gasteiger partial charge in [0, 0.05) is 20.1 Å². The molecule has 0 aliphatic carbocycles. The first-order valence-electron chi connectivity index (χ1n) is 9.14. The van der Waals surface area contributed by atoms with Gasteiger partial charge in [0.2, 0.25) is 6.09 Å². The van der Waals surface area contributed by atoms with E-state index < -0.39 is 35.5 Å². The van der Waals surface area contributed by atoms with Crippen LogP contribution in [0.25, 0.3) is 5.32 Å². The van der Waals surface area contributed by atoms with Crippen molar-refractivity contribution in [3.05, 3.63) is 17.5 Å². The zero-order valence-corrected chi connectivity index (χ0v) is 19.8. The van der Waals surface area contributed by atoms with Crippen LogP contribution in [0.5, 0.6) is 0 Å². The van der Waals surface area contributed by atoms with Gasteiger partial charge in [-0.15, -0.1) is 0 Å². The molecular formula is C20H36NO5Ru. The van der Waals surface area contributed by atoms with Crippen LogP contribution in [0.3, 0.4) is 0 Å². The van der Waals surface area contributed by atoms with Crippen molar-refractivity contribution in [1.29, 1.82) is 0 Å². The van der Waals surface area contributed by atoms with Crippen molar-refractivity contribution < 1.29 is 43.6 Å². The second kappa shape index (κ2) is 9.82. The van der Waals surface area contributed by atoms with Gasteiger partial charge in [0.15, 0.2) is 6.29 Å². The SMILES string of the molecule is COC(CC1(C(C)(C)C)[N-]C(=O)OC1[C@@H](C)C(O)/C=C/C(C)(C)C)OC.[Ru+]. The number of rotatable bonds is 7. The van der Waals surface area contributed by atoms with Crippen LogP contribution in [0.4, 0.5) is 4.79 Å². The molecular weight excluding hydrogens is 435 g/mol. The van der Waals surface area contributed by atoms with Gasteiger partial charge in [0.1, 0.15) is 0 Å². The van der Waals surface area contributed by atoms with E-state index in [-0.39, 0.29) is 30.8 Å². The number of aliphatic hydroxyl groups is 1. The van der Waals surface area contributed by atoms with Crippen LogP contribution in [0.1, 0.15) is 54.9 Å². The summed E-state index contributed by atoms with van der Waals surface area (Å²) in [6, 6.07) is 0. The van der Waals surface area contributed by atoms with Crippen LogP contribution in [-0.2, 0) is 33.7 Å². The zero-order chi connectivity index (χ0) is 20.3. The molecule has 0 aromatic rings. The molecule has 159 valence electrons. The molecule has 3 unspecified atom stereocenters. The van der Waals surface area contributed by atoms with Crippen LogP contribution >= 0.6 is 0 Å². The molecule has 1 heterocycles. The number of methoxy groups -OCH3 is 2. The van der Waals surface area contributed by atoms with E-state index in [4.69, 9.17) is 14.2 Å². The van der Waals surface area contributed by atoms with Crippen LogP contribution in [0.15, 0.2) is 12.2 Å². The average Bonchev–Trinajstić information content (AvgIpc) is 2.86. The molecule has 1 aliphatic rings. The topological polar surface area (TPSA) is 79.1 Å². The van der Waals surface area contributed by atoms with Crippen molar-refractivity contribution in [3.63, 3.8) is 0 Å². The van der Waals surface area contributed by atoms with Crippen molar-refractivity contribution in [2.45, 2.75) is 78.9 Å². The van der Waals surface area contributed by atoms with Gasteiger partial charge in [-0.25, -0.2) is 0 Å². The Morgan fingerprint density at radius 1 is 1.22 bits per heavy atom. The van der Waals surface area contributed by atoms with Crippen LogP contribution in [0.2, 0.25) is 0 Å². The monoisotopic (exact) mass is 472 g/mol. The molecule has 7 heteroatoms. The summed E-state index contributed by atoms with van der Waals surface area (Å²) in [5.74, 6) is -0.336. The maximum Gasteiger partial charge on any atom is 1.00 e. The number of hydrogen-bond acceptors (Lipinski definition) is 5. The zero-order valence-electron chi connectivity index (χ0n) is 18.1. The quantitative estimate of drug-likeness (QED) is 0.341. The fourth-order valence-corrected chi connectivity index (χ4v) is 3.32. The predicted octanol–water partition coefficient (Wildman–Crippen LogP) is 4.27. The van der Waals surface area contributed by atoms with Gasteiger partial charge in [-0.1, -0.05) is 66.2 Å². The van der Waals surface area contributed by atoms with E-state index in [0.29, 0.717) is 6.42 Å². The Bertz CT molecular complexity index is 507. The Kier molecular flexibility index (Phi) is 9.64. The number of carbonyl (C=O) groups is 1. The van der Waals surface area contributed by atoms with Crippen molar-refractivity contribution in [2.24, 2.45) is 16.7 Å². The Morgan fingerprint density at radius 2 is 1.74 bits per heavy atom. The normalized spacial score (nSPS) is 25.9. The third-order valence-corrected chi connectivity index (χ3v) is 5.10. The van der Waals surface area contributed by atoms with Gasteiger partial charge >= 0.3 is 19.5 Å². The van der Waals surface area contributed by atoms with Gasteiger partial charge in [0.25, 0.3) is 0 Å². The smallest absolute Gasteiger partial charge is 0.609 e. The second-order valence-electron chi connectivity index (χ2n) is 9.27. The summed E-state index contributed by atoms with van der Waals surface area (Å²) >= 11 is 0.